The lowest BCUT2D eigenvalue weighted by Gasteiger charge is -2.15. The van der Waals surface area contributed by atoms with Crippen molar-refractivity contribution in [3.05, 3.63) is 90.4 Å². The number of benzene rings is 3. The first-order valence-corrected chi connectivity index (χ1v) is 12.2. The molecule has 0 heterocycles. The molecule has 1 amide bonds. The maximum Gasteiger partial charge on any atom is 0.266 e. The van der Waals surface area contributed by atoms with Gasteiger partial charge in [0.05, 0.1) is 11.1 Å². The summed E-state index contributed by atoms with van der Waals surface area (Å²) in [4.78, 5) is 12.6. The van der Waals surface area contributed by atoms with Crippen LogP contribution in [-0.2, 0) is 11.4 Å². The molecule has 0 aliphatic rings. The van der Waals surface area contributed by atoms with Crippen LogP contribution in [0.5, 0.6) is 11.5 Å². The van der Waals surface area contributed by atoms with Crippen molar-refractivity contribution in [2.24, 2.45) is 0 Å². The summed E-state index contributed by atoms with van der Waals surface area (Å²) < 4.78 is 13.6. The predicted octanol–water partition coefficient (Wildman–Crippen LogP) is 7.23. The van der Waals surface area contributed by atoms with Gasteiger partial charge in [-0.3, -0.25) is 4.79 Å². The van der Waals surface area contributed by atoms with E-state index in [-0.39, 0.29) is 5.57 Å². The molecule has 0 fully saturated rings. The average molecular weight is 638 g/mol. The molecule has 168 valence electrons. The number of carbonyl (C=O) groups is 1. The van der Waals surface area contributed by atoms with Crippen LogP contribution in [0.3, 0.4) is 0 Å². The molecule has 0 unspecified atom stereocenters. The van der Waals surface area contributed by atoms with Crippen molar-refractivity contribution in [3.63, 3.8) is 0 Å². The van der Waals surface area contributed by atoms with Gasteiger partial charge in [0.1, 0.15) is 18.2 Å². The lowest BCUT2D eigenvalue weighted by molar-refractivity contribution is -0.112. The van der Waals surface area contributed by atoms with Gasteiger partial charge in [0.25, 0.3) is 5.91 Å². The second-order valence-electron chi connectivity index (χ2n) is 6.81. The summed E-state index contributed by atoms with van der Waals surface area (Å²) in [6.45, 7) is 2.68. The minimum atomic E-state index is -0.520. The molecule has 0 aromatic heterocycles. The van der Waals surface area contributed by atoms with Crippen LogP contribution in [0.15, 0.2) is 70.7 Å². The molecule has 8 heteroatoms. The van der Waals surface area contributed by atoms with Gasteiger partial charge >= 0.3 is 0 Å². The van der Waals surface area contributed by atoms with Crippen LogP contribution in [0.25, 0.3) is 6.08 Å². The first-order chi connectivity index (χ1) is 15.9. The molecule has 5 nitrogen and oxygen atoms in total. The Balaban J connectivity index is 1.83. The normalized spacial score (nSPS) is 10.9. The van der Waals surface area contributed by atoms with Crippen molar-refractivity contribution >= 4 is 67.8 Å². The number of halogens is 3. The molecule has 3 aromatic rings. The number of anilines is 1. The summed E-state index contributed by atoms with van der Waals surface area (Å²) in [6.07, 6.45) is 1.50. The fourth-order valence-corrected chi connectivity index (χ4v) is 3.92. The Labute approximate surface area is 219 Å². The molecule has 3 aromatic carbocycles. The molecule has 33 heavy (non-hydrogen) atoms. The third-order valence-corrected chi connectivity index (χ3v) is 5.97. The van der Waals surface area contributed by atoms with Crippen molar-refractivity contribution in [2.75, 3.05) is 11.9 Å². The van der Waals surface area contributed by atoms with E-state index in [1.807, 2.05) is 37.3 Å². The van der Waals surface area contributed by atoms with E-state index in [1.54, 1.807) is 36.4 Å². The number of nitrogens with zero attached hydrogens (tertiary/aromatic N) is 1. The van der Waals surface area contributed by atoms with Crippen molar-refractivity contribution < 1.29 is 14.3 Å². The minimum absolute atomic E-state index is 0.0492. The van der Waals surface area contributed by atoms with E-state index in [2.05, 4.69) is 43.8 Å². The number of amides is 1. The van der Waals surface area contributed by atoms with E-state index in [4.69, 9.17) is 21.1 Å². The third-order valence-electron chi connectivity index (χ3n) is 4.41. The summed E-state index contributed by atoms with van der Waals surface area (Å²) in [5.74, 6) is 0.545. The monoisotopic (exact) mass is 636 g/mol. The number of hydrogen-bond acceptors (Lipinski definition) is 4. The Bertz CT molecular complexity index is 1210. The van der Waals surface area contributed by atoms with Gasteiger partial charge in [0.15, 0.2) is 11.5 Å². The van der Waals surface area contributed by atoms with Crippen LogP contribution in [0.4, 0.5) is 5.69 Å². The van der Waals surface area contributed by atoms with E-state index >= 15 is 0 Å². The highest BCUT2D eigenvalue weighted by Gasteiger charge is 2.15. The molecule has 0 atom stereocenters. The SMILES string of the molecule is CCOc1cc(/C=C(\C#N)C(=O)Nc2ccc(Cl)cc2)cc(Br)c1OCc1ccc(I)cc1. The van der Waals surface area contributed by atoms with Crippen LogP contribution in [-0.4, -0.2) is 12.5 Å². The largest absolute Gasteiger partial charge is 0.490 e. The molecule has 0 bridgehead atoms. The van der Waals surface area contributed by atoms with Gasteiger partial charge in [-0.25, -0.2) is 0 Å². The van der Waals surface area contributed by atoms with Gasteiger partial charge in [0.2, 0.25) is 0 Å². The van der Waals surface area contributed by atoms with Crippen LogP contribution in [0, 0.1) is 14.9 Å². The molecule has 3 rings (SSSR count). The van der Waals surface area contributed by atoms with Crippen molar-refractivity contribution in [1.82, 2.24) is 0 Å². The maximum absolute atomic E-state index is 12.6. The Morgan fingerprint density at radius 1 is 1.15 bits per heavy atom. The number of nitrogens with one attached hydrogen (secondary N) is 1. The van der Waals surface area contributed by atoms with E-state index in [1.165, 1.54) is 6.08 Å². The van der Waals surface area contributed by atoms with Crippen LogP contribution in [0.1, 0.15) is 18.1 Å². The number of ether oxygens (including phenoxy) is 2. The molecule has 0 aliphatic carbocycles. The van der Waals surface area contributed by atoms with Crippen molar-refractivity contribution in [1.29, 1.82) is 5.26 Å². The molecule has 0 aliphatic heterocycles. The maximum atomic E-state index is 12.6. The first kappa shape index (κ1) is 25.1. The van der Waals surface area contributed by atoms with Crippen LogP contribution < -0.4 is 14.8 Å². The smallest absolute Gasteiger partial charge is 0.266 e. The number of hydrogen-bond donors (Lipinski definition) is 1. The molecular formula is C25H19BrClIN2O3. The highest BCUT2D eigenvalue weighted by atomic mass is 127. The van der Waals surface area contributed by atoms with Crippen molar-refractivity contribution in [3.8, 4) is 17.6 Å². The fraction of sp³-hybridized carbons (Fsp3) is 0.120. The zero-order valence-electron chi connectivity index (χ0n) is 17.6. The Morgan fingerprint density at radius 2 is 1.85 bits per heavy atom. The number of carbonyl (C=O) groups excluding carboxylic acids is 1. The zero-order chi connectivity index (χ0) is 23.8. The molecule has 0 spiro atoms. The molecule has 0 radical (unpaired) electrons. The van der Waals surface area contributed by atoms with Gasteiger partial charge in [-0.1, -0.05) is 23.7 Å². The Kier molecular flexibility index (Phi) is 9.18. The summed E-state index contributed by atoms with van der Waals surface area (Å²) in [7, 11) is 0. The van der Waals surface area contributed by atoms with E-state index < -0.39 is 5.91 Å². The van der Waals surface area contributed by atoms with Gasteiger partial charge in [-0.15, -0.1) is 0 Å². The lowest BCUT2D eigenvalue weighted by atomic mass is 10.1. The van der Waals surface area contributed by atoms with Crippen LogP contribution in [0.2, 0.25) is 5.02 Å². The standard InChI is InChI=1S/C25H19BrClIN2O3/c1-2-32-23-13-17(11-18(14-29)25(31)30-21-9-5-19(27)6-10-21)12-22(26)24(23)33-15-16-3-7-20(28)8-4-16/h3-13H,2,15H2,1H3,(H,30,31)/b18-11+. The highest BCUT2D eigenvalue weighted by molar-refractivity contribution is 14.1. The van der Waals surface area contributed by atoms with E-state index in [0.717, 1.165) is 9.13 Å². The van der Waals surface area contributed by atoms with Gasteiger partial charge in [0, 0.05) is 14.3 Å². The third kappa shape index (κ3) is 7.22. The lowest BCUT2D eigenvalue weighted by Crippen LogP contribution is -2.13. The van der Waals surface area contributed by atoms with Crippen LogP contribution >= 0.6 is 50.1 Å². The van der Waals surface area contributed by atoms with E-state index in [9.17, 15) is 10.1 Å². The average Bonchev–Trinajstić information content (AvgIpc) is 2.79. The highest BCUT2D eigenvalue weighted by Crippen LogP contribution is 2.38. The number of nitriles is 1. The second-order valence-corrected chi connectivity index (χ2v) is 9.35. The molecule has 0 saturated carbocycles. The summed E-state index contributed by atoms with van der Waals surface area (Å²) >= 11 is 11.7. The summed E-state index contributed by atoms with van der Waals surface area (Å²) in [6, 6.07) is 20.2. The second kappa shape index (κ2) is 12.1. The molecule has 0 saturated heterocycles. The first-order valence-electron chi connectivity index (χ1n) is 9.92. The van der Waals surface area contributed by atoms with Gasteiger partial charge in [-0.05, 0) is 111 Å². The molecule has 1 N–H and O–H groups in total. The van der Waals surface area contributed by atoms with E-state index in [0.29, 0.717) is 45.5 Å². The minimum Gasteiger partial charge on any atom is -0.490 e. The topological polar surface area (TPSA) is 71.3 Å². The summed E-state index contributed by atoms with van der Waals surface area (Å²) in [5, 5.41) is 12.8. The quantitative estimate of drug-likeness (QED) is 0.161. The fourth-order valence-electron chi connectivity index (χ4n) is 2.86. The zero-order valence-corrected chi connectivity index (χ0v) is 22.1. The number of rotatable bonds is 8. The summed E-state index contributed by atoms with van der Waals surface area (Å²) in [5.41, 5.74) is 2.14. The van der Waals surface area contributed by atoms with Gasteiger partial charge < -0.3 is 14.8 Å². The Morgan fingerprint density at radius 3 is 2.48 bits per heavy atom. The molecular weight excluding hydrogens is 619 g/mol. The predicted molar refractivity (Wildman–Crippen MR) is 142 cm³/mol. The Hall–Kier alpha value is -2.54. The van der Waals surface area contributed by atoms with Gasteiger partial charge in [-0.2, -0.15) is 5.26 Å². The van der Waals surface area contributed by atoms with Crippen molar-refractivity contribution in [2.45, 2.75) is 13.5 Å².